The van der Waals surface area contributed by atoms with E-state index in [0.717, 1.165) is 13.8 Å². The fraction of sp³-hybridized carbons (Fsp3) is 0.706. The minimum Gasteiger partial charge on any atom is -0.481 e. The summed E-state index contributed by atoms with van der Waals surface area (Å²) in [6.07, 6.45) is -2.32. The largest absolute Gasteiger partial charge is 0.481 e. The van der Waals surface area contributed by atoms with Crippen molar-refractivity contribution in [3.63, 3.8) is 0 Å². The van der Waals surface area contributed by atoms with E-state index in [9.17, 15) is 24.0 Å². The summed E-state index contributed by atoms with van der Waals surface area (Å²) < 4.78 is 19.8. The van der Waals surface area contributed by atoms with Crippen LogP contribution in [0.1, 0.15) is 33.1 Å². The summed E-state index contributed by atoms with van der Waals surface area (Å²) in [5.41, 5.74) is 0. The first-order valence-corrected chi connectivity index (χ1v) is 8.59. The summed E-state index contributed by atoms with van der Waals surface area (Å²) >= 11 is 0. The van der Waals surface area contributed by atoms with E-state index in [-0.39, 0.29) is 32.5 Å². The van der Waals surface area contributed by atoms with Gasteiger partial charge in [0.25, 0.3) is 6.29 Å². The number of carbonyl (C=O) groups is 5. The zero-order valence-electron chi connectivity index (χ0n) is 15.6. The second-order valence-electron chi connectivity index (χ2n) is 6.45. The monoisotopic (exact) mass is 404 g/mol. The lowest BCUT2D eigenvalue weighted by Gasteiger charge is -2.36. The summed E-state index contributed by atoms with van der Waals surface area (Å²) in [7, 11) is 0. The Hall–Kier alpha value is -2.69. The Morgan fingerprint density at radius 2 is 1.46 bits per heavy atom. The molecule has 1 aliphatic rings. The van der Waals surface area contributed by atoms with E-state index in [1.807, 2.05) is 0 Å². The van der Waals surface area contributed by atoms with E-state index in [4.69, 9.17) is 24.4 Å². The van der Waals surface area contributed by atoms with Gasteiger partial charge in [-0.1, -0.05) is 0 Å². The SMILES string of the molecule is CC(=O)OCC(OC(C)=O)OC(=O)CC1COCC(CC(=O)O)C1CC(=O)O. The van der Waals surface area contributed by atoms with Crippen molar-refractivity contribution in [2.75, 3.05) is 19.8 Å². The smallest absolute Gasteiger partial charge is 0.309 e. The molecule has 1 saturated heterocycles. The second kappa shape index (κ2) is 11.2. The average molecular weight is 404 g/mol. The molecule has 0 aliphatic carbocycles. The minimum absolute atomic E-state index is 0.0609. The molecule has 1 fully saturated rings. The fourth-order valence-corrected chi connectivity index (χ4v) is 3.05. The van der Waals surface area contributed by atoms with E-state index in [1.165, 1.54) is 0 Å². The summed E-state index contributed by atoms with van der Waals surface area (Å²) in [5, 5.41) is 18.1. The van der Waals surface area contributed by atoms with Crippen LogP contribution in [-0.4, -0.2) is 66.2 Å². The number of esters is 3. The van der Waals surface area contributed by atoms with Gasteiger partial charge in [0.2, 0.25) is 0 Å². The summed E-state index contributed by atoms with van der Waals surface area (Å²) in [6, 6.07) is 0. The number of hydrogen-bond donors (Lipinski definition) is 2. The molecule has 0 bridgehead atoms. The number of carboxylic acids is 2. The second-order valence-corrected chi connectivity index (χ2v) is 6.45. The molecule has 0 spiro atoms. The van der Waals surface area contributed by atoms with Crippen LogP contribution in [0.2, 0.25) is 0 Å². The van der Waals surface area contributed by atoms with Crippen LogP contribution in [0.15, 0.2) is 0 Å². The Morgan fingerprint density at radius 1 is 0.893 bits per heavy atom. The Bertz CT molecular complexity index is 600. The van der Waals surface area contributed by atoms with Gasteiger partial charge >= 0.3 is 29.8 Å². The van der Waals surface area contributed by atoms with Gasteiger partial charge in [0.15, 0.2) is 6.61 Å². The summed E-state index contributed by atoms with van der Waals surface area (Å²) in [5.74, 6) is -6.20. The van der Waals surface area contributed by atoms with Crippen molar-refractivity contribution in [1.82, 2.24) is 0 Å². The number of ether oxygens (including phenoxy) is 4. The van der Waals surface area contributed by atoms with Crippen LogP contribution in [0.3, 0.4) is 0 Å². The molecule has 0 amide bonds. The molecule has 158 valence electrons. The first-order valence-electron chi connectivity index (χ1n) is 8.59. The van der Waals surface area contributed by atoms with E-state index >= 15 is 0 Å². The van der Waals surface area contributed by atoms with Crippen molar-refractivity contribution in [2.45, 2.75) is 39.4 Å². The number of carbonyl (C=O) groups excluding carboxylic acids is 3. The predicted octanol–water partition coefficient (Wildman–Crippen LogP) is 0.200. The topological polar surface area (TPSA) is 163 Å². The van der Waals surface area contributed by atoms with Crippen molar-refractivity contribution in [3.8, 4) is 0 Å². The average Bonchev–Trinajstić information content (AvgIpc) is 2.54. The van der Waals surface area contributed by atoms with E-state index in [0.29, 0.717) is 0 Å². The molecular weight excluding hydrogens is 380 g/mol. The van der Waals surface area contributed by atoms with Crippen LogP contribution in [-0.2, 0) is 42.9 Å². The van der Waals surface area contributed by atoms with Crippen molar-refractivity contribution in [3.05, 3.63) is 0 Å². The molecule has 4 unspecified atom stereocenters. The van der Waals surface area contributed by atoms with Gasteiger partial charge in [-0.05, 0) is 17.8 Å². The molecule has 4 atom stereocenters. The Morgan fingerprint density at radius 3 is 1.96 bits per heavy atom. The number of rotatable bonds is 10. The van der Waals surface area contributed by atoms with Crippen molar-refractivity contribution in [2.24, 2.45) is 17.8 Å². The third-order valence-electron chi connectivity index (χ3n) is 4.13. The van der Waals surface area contributed by atoms with Crippen LogP contribution < -0.4 is 0 Å². The standard InChI is InChI=1S/C17H24O11/c1-9(18)26-8-17(27-10(2)19)28-16(24)4-12-7-25-6-11(3-14(20)21)13(12)5-15(22)23/h11-13,17H,3-8H2,1-2H3,(H,20,21)(H,22,23). The van der Waals surface area contributed by atoms with Crippen LogP contribution in [0.25, 0.3) is 0 Å². The maximum Gasteiger partial charge on any atom is 0.309 e. The maximum atomic E-state index is 12.2. The molecule has 11 heteroatoms. The molecule has 0 radical (unpaired) electrons. The highest BCUT2D eigenvalue weighted by atomic mass is 16.7. The lowest BCUT2D eigenvalue weighted by atomic mass is 9.75. The van der Waals surface area contributed by atoms with Crippen LogP contribution in [0.4, 0.5) is 0 Å². The van der Waals surface area contributed by atoms with Crippen molar-refractivity contribution in [1.29, 1.82) is 0 Å². The molecule has 0 aromatic heterocycles. The van der Waals surface area contributed by atoms with Gasteiger partial charge < -0.3 is 29.2 Å². The normalized spacial score (nSPS) is 22.6. The number of aliphatic carboxylic acids is 2. The maximum absolute atomic E-state index is 12.2. The van der Waals surface area contributed by atoms with Gasteiger partial charge in [0.05, 0.1) is 26.1 Å². The van der Waals surface area contributed by atoms with Crippen LogP contribution >= 0.6 is 0 Å². The molecule has 0 aromatic carbocycles. The van der Waals surface area contributed by atoms with Crippen molar-refractivity contribution < 1.29 is 53.1 Å². The molecule has 1 heterocycles. The highest BCUT2D eigenvalue weighted by Crippen LogP contribution is 2.34. The third-order valence-corrected chi connectivity index (χ3v) is 4.13. The molecule has 0 aromatic rings. The highest BCUT2D eigenvalue weighted by Gasteiger charge is 2.38. The van der Waals surface area contributed by atoms with Gasteiger partial charge in [-0.3, -0.25) is 24.0 Å². The third kappa shape index (κ3) is 8.80. The Labute approximate surface area is 160 Å². The van der Waals surface area contributed by atoms with Crippen LogP contribution in [0.5, 0.6) is 0 Å². The number of carboxylic acid groups (broad SMARTS) is 2. The van der Waals surface area contributed by atoms with Gasteiger partial charge in [0.1, 0.15) is 0 Å². The number of hydrogen-bond acceptors (Lipinski definition) is 9. The van der Waals surface area contributed by atoms with Gasteiger partial charge in [-0.15, -0.1) is 0 Å². The zero-order valence-corrected chi connectivity index (χ0v) is 15.6. The predicted molar refractivity (Wildman–Crippen MR) is 88.7 cm³/mol. The quantitative estimate of drug-likeness (QED) is 0.377. The molecule has 1 aliphatic heterocycles. The van der Waals surface area contributed by atoms with Gasteiger partial charge in [-0.25, -0.2) is 0 Å². The Balaban J connectivity index is 2.77. The highest BCUT2D eigenvalue weighted by molar-refractivity contribution is 5.72. The fourth-order valence-electron chi connectivity index (χ4n) is 3.05. The van der Waals surface area contributed by atoms with Gasteiger partial charge in [-0.2, -0.15) is 0 Å². The molecule has 2 N–H and O–H groups in total. The summed E-state index contributed by atoms with van der Waals surface area (Å²) in [6.45, 7) is 1.87. The molecular formula is C17H24O11. The first kappa shape index (κ1) is 23.3. The zero-order chi connectivity index (χ0) is 21.3. The van der Waals surface area contributed by atoms with Crippen LogP contribution in [0, 0.1) is 17.8 Å². The first-order chi connectivity index (χ1) is 13.1. The lowest BCUT2D eigenvalue weighted by molar-refractivity contribution is -0.199. The summed E-state index contributed by atoms with van der Waals surface area (Å²) in [4.78, 5) is 56.4. The Kier molecular flexibility index (Phi) is 9.36. The van der Waals surface area contributed by atoms with Crippen molar-refractivity contribution >= 4 is 29.8 Å². The van der Waals surface area contributed by atoms with E-state index < -0.39 is 60.5 Å². The molecule has 11 nitrogen and oxygen atoms in total. The van der Waals surface area contributed by atoms with Gasteiger partial charge in [0, 0.05) is 20.3 Å². The molecule has 1 rings (SSSR count). The molecule has 28 heavy (non-hydrogen) atoms. The van der Waals surface area contributed by atoms with E-state index in [1.54, 1.807) is 0 Å². The minimum atomic E-state index is -1.44. The molecule has 0 saturated carbocycles. The lowest BCUT2D eigenvalue weighted by Crippen LogP contribution is -2.40. The van der Waals surface area contributed by atoms with E-state index in [2.05, 4.69) is 4.74 Å².